The van der Waals surface area contributed by atoms with E-state index in [9.17, 15) is 9.18 Å². The Hall–Kier alpha value is -1.58. The van der Waals surface area contributed by atoms with Gasteiger partial charge in [0.1, 0.15) is 11.6 Å². The van der Waals surface area contributed by atoms with Crippen LogP contribution in [0.4, 0.5) is 4.39 Å². The molecule has 17 heavy (non-hydrogen) atoms. The predicted molar refractivity (Wildman–Crippen MR) is 62.8 cm³/mol. The molecule has 0 amide bonds. The van der Waals surface area contributed by atoms with Gasteiger partial charge < -0.3 is 9.84 Å². The third-order valence-corrected chi connectivity index (χ3v) is 2.60. The first-order valence-electron chi connectivity index (χ1n) is 5.67. The fraction of sp³-hybridized carbons (Fsp3) is 0.462. The van der Waals surface area contributed by atoms with Crippen LogP contribution in [0.3, 0.4) is 0 Å². The van der Waals surface area contributed by atoms with Crippen molar-refractivity contribution in [3.63, 3.8) is 0 Å². The van der Waals surface area contributed by atoms with Gasteiger partial charge in [0, 0.05) is 12.5 Å². The number of carboxylic acids is 1. The zero-order valence-corrected chi connectivity index (χ0v) is 9.91. The van der Waals surface area contributed by atoms with Crippen LogP contribution in [-0.2, 0) is 11.2 Å². The van der Waals surface area contributed by atoms with E-state index in [-0.39, 0.29) is 12.2 Å². The van der Waals surface area contributed by atoms with Gasteiger partial charge in [-0.3, -0.25) is 4.79 Å². The SMILES string of the molecule is COc1ccc(CCCCCC(=O)O)c(F)c1. The highest BCUT2D eigenvalue weighted by atomic mass is 19.1. The second kappa shape index (κ2) is 6.89. The van der Waals surface area contributed by atoms with E-state index in [0.29, 0.717) is 24.2 Å². The lowest BCUT2D eigenvalue weighted by Crippen LogP contribution is -1.95. The lowest BCUT2D eigenvalue weighted by molar-refractivity contribution is -0.137. The fourth-order valence-electron chi connectivity index (χ4n) is 1.63. The largest absolute Gasteiger partial charge is 0.497 e. The molecule has 1 aromatic rings. The number of unbranched alkanes of at least 4 members (excludes halogenated alkanes) is 2. The Morgan fingerprint density at radius 2 is 2.12 bits per heavy atom. The van der Waals surface area contributed by atoms with Crippen molar-refractivity contribution in [1.82, 2.24) is 0 Å². The van der Waals surface area contributed by atoms with Crippen LogP contribution in [0.2, 0.25) is 0 Å². The monoisotopic (exact) mass is 240 g/mol. The van der Waals surface area contributed by atoms with Crippen molar-refractivity contribution < 1.29 is 19.0 Å². The lowest BCUT2D eigenvalue weighted by Gasteiger charge is -2.05. The van der Waals surface area contributed by atoms with Gasteiger partial charge in [0.2, 0.25) is 0 Å². The van der Waals surface area contributed by atoms with Crippen LogP contribution in [0.1, 0.15) is 31.2 Å². The van der Waals surface area contributed by atoms with E-state index < -0.39 is 5.97 Å². The minimum atomic E-state index is -0.777. The number of benzene rings is 1. The number of ether oxygens (including phenoxy) is 1. The van der Waals surface area contributed by atoms with Crippen molar-refractivity contribution >= 4 is 5.97 Å². The van der Waals surface area contributed by atoms with Gasteiger partial charge in [0.15, 0.2) is 0 Å². The summed E-state index contributed by atoms with van der Waals surface area (Å²) < 4.78 is 18.4. The first kappa shape index (κ1) is 13.5. The third kappa shape index (κ3) is 4.85. The number of aryl methyl sites for hydroxylation is 1. The number of carbonyl (C=O) groups is 1. The van der Waals surface area contributed by atoms with Crippen LogP contribution < -0.4 is 4.74 Å². The molecule has 0 aromatic heterocycles. The quantitative estimate of drug-likeness (QED) is 0.745. The van der Waals surface area contributed by atoms with Gasteiger partial charge in [0.05, 0.1) is 7.11 Å². The summed E-state index contributed by atoms with van der Waals surface area (Å²) in [5.41, 5.74) is 0.654. The summed E-state index contributed by atoms with van der Waals surface area (Å²) in [6, 6.07) is 4.81. The fourth-order valence-corrected chi connectivity index (χ4v) is 1.63. The summed E-state index contributed by atoms with van der Waals surface area (Å²) in [5, 5.41) is 8.46. The van der Waals surface area contributed by atoms with E-state index in [2.05, 4.69) is 0 Å². The second-order valence-corrected chi connectivity index (χ2v) is 3.91. The van der Waals surface area contributed by atoms with E-state index in [0.717, 1.165) is 12.8 Å². The molecule has 1 rings (SSSR count). The summed E-state index contributed by atoms with van der Waals surface area (Å²) in [7, 11) is 1.50. The smallest absolute Gasteiger partial charge is 0.303 e. The Labute approximate surface area is 100 Å². The maximum absolute atomic E-state index is 13.5. The van der Waals surface area contributed by atoms with Crippen molar-refractivity contribution in [3.05, 3.63) is 29.6 Å². The highest BCUT2D eigenvalue weighted by Crippen LogP contribution is 2.18. The molecular formula is C13H17FO3. The standard InChI is InChI=1S/C13H17FO3/c1-17-11-8-7-10(12(14)9-11)5-3-2-4-6-13(15)16/h7-9H,2-6H2,1H3,(H,15,16). The van der Waals surface area contributed by atoms with Gasteiger partial charge in [-0.05, 0) is 30.9 Å². The first-order valence-corrected chi connectivity index (χ1v) is 5.67. The molecule has 1 aromatic carbocycles. The summed E-state index contributed by atoms with van der Waals surface area (Å²) in [6.07, 6.45) is 3.07. The maximum atomic E-state index is 13.5. The number of hydrogen-bond acceptors (Lipinski definition) is 2. The molecule has 1 N–H and O–H groups in total. The minimum Gasteiger partial charge on any atom is -0.497 e. The summed E-state index contributed by atoms with van der Waals surface area (Å²) in [6.45, 7) is 0. The minimum absolute atomic E-state index is 0.186. The third-order valence-electron chi connectivity index (χ3n) is 2.60. The summed E-state index contributed by atoms with van der Waals surface area (Å²) >= 11 is 0. The molecule has 0 aliphatic rings. The number of hydrogen-bond donors (Lipinski definition) is 1. The Balaban J connectivity index is 2.34. The molecular weight excluding hydrogens is 223 g/mol. The van der Waals surface area contributed by atoms with Gasteiger partial charge in [0.25, 0.3) is 0 Å². The molecule has 0 radical (unpaired) electrons. The van der Waals surface area contributed by atoms with E-state index in [1.165, 1.54) is 13.2 Å². The van der Waals surface area contributed by atoms with Gasteiger partial charge in [-0.2, -0.15) is 0 Å². The van der Waals surface area contributed by atoms with Gasteiger partial charge in [-0.1, -0.05) is 12.5 Å². The number of aliphatic carboxylic acids is 1. The first-order chi connectivity index (χ1) is 8.13. The molecule has 0 saturated heterocycles. The zero-order chi connectivity index (χ0) is 12.7. The molecule has 94 valence electrons. The average molecular weight is 240 g/mol. The predicted octanol–water partition coefficient (Wildman–Crippen LogP) is 3.02. The van der Waals surface area contributed by atoms with Crippen molar-refractivity contribution in [1.29, 1.82) is 0 Å². The van der Waals surface area contributed by atoms with E-state index in [1.807, 2.05) is 0 Å². The number of methoxy groups -OCH3 is 1. The normalized spacial score (nSPS) is 10.2. The van der Waals surface area contributed by atoms with Gasteiger partial charge >= 0.3 is 5.97 Å². The van der Waals surface area contributed by atoms with Crippen molar-refractivity contribution in [2.45, 2.75) is 32.1 Å². The molecule has 0 aliphatic heterocycles. The van der Waals surface area contributed by atoms with Crippen LogP contribution in [0.5, 0.6) is 5.75 Å². The van der Waals surface area contributed by atoms with E-state index >= 15 is 0 Å². The van der Waals surface area contributed by atoms with Crippen LogP contribution in [0, 0.1) is 5.82 Å². The molecule has 0 bridgehead atoms. The molecule has 0 aliphatic carbocycles. The molecule has 0 heterocycles. The Morgan fingerprint density at radius 1 is 1.35 bits per heavy atom. The molecule has 3 nitrogen and oxygen atoms in total. The highest BCUT2D eigenvalue weighted by molar-refractivity contribution is 5.66. The van der Waals surface area contributed by atoms with Gasteiger partial charge in [-0.25, -0.2) is 4.39 Å². The van der Waals surface area contributed by atoms with Crippen LogP contribution in [0.15, 0.2) is 18.2 Å². The van der Waals surface area contributed by atoms with Crippen LogP contribution in [-0.4, -0.2) is 18.2 Å². The van der Waals surface area contributed by atoms with Crippen molar-refractivity contribution in [3.8, 4) is 5.75 Å². The van der Waals surface area contributed by atoms with Crippen molar-refractivity contribution in [2.75, 3.05) is 7.11 Å². The molecule has 0 atom stereocenters. The average Bonchev–Trinajstić information content (AvgIpc) is 2.30. The Kier molecular flexibility index (Phi) is 5.46. The molecule has 0 unspecified atom stereocenters. The number of rotatable bonds is 7. The maximum Gasteiger partial charge on any atom is 0.303 e. The van der Waals surface area contributed by atoms with Gasteiger partial charge in [-0.15, -0.1) is 0 Å². The van der Waals surface area contributed by atoms with Crippen molar-refractivity contribution in [2.24, 2.45) is 0 Å². The molecule has 0 fully saturated rings. The number of halogens is 1. The highest BCUT2D eigenvalue weighted by Gasteiger charge is 2.04. The number of carboxylic acid groups (broad SMARTS) is 1. The van der Waals surface area contributed by atoms with Crippen LogP contribution in [0.25, 0.3) is 0 Å². The molecule has 0 saturated carbocycles. The lowest BCUT2D eigenvalue weighted by atomic mass is 10.1. The molecule has 0 spiro atoms. The topological polar surface area (TPSA) is 46.5 Å². The second-order valence-electron chi connectivity index (χ2n) is 3.91. The summed E-state index contributed by atoms with van der Waals surface area (Å²) in [5.74, 6) is -0.527. The van der Waals surface area contributed by atoms with E-state index in [4.69, 9.17) is 9.84 Å². The Morgan fingerprint density at radius 3 is 2.71 bits per heavy atom. The Bertz CT molecular complexity index is 377. The van der Waals surface area contributed by atoms with Crippen LogP contribution >= 0.6 is 0 Å². The molecule has 4 heteroatoms. The summed E-state index contributed by atoms with van der Waals surface area (Å²) in [4.78, 5) is 10.3. The van der Waals surface area contributed by atoms with E-state index in [1.54, 1.807) is 12.1 Å². The zero-order valence-electron chi connectivity index (χ0n) is 9.91.